The van der Waals surface area contributed by atoms with E-state index in [2.05, 4.69) is 146 Å². The lowest BCUT2D eigenvalue weighted by Gasteiger charge is -2.12. The van der Waals surface area contributed by atoms with Gasteiger partial charge >= 0.3 is 0 Å². The van der Waals surface area contributed by atoms with E-state index >= 15 is 0 Å². The van der Waals surface area contributed by atoms with Crippen LogP contribution >= 0.6 is 0 Å². The molecule has 2 aromatic heterocycles. The van der Waals surface area contributed by atoms with Crippen LogP contribution in [0.3, 0.4) is 0 Å². The Morgan fingerprint density at radius 2 is 0.784 bits per heavy atom. The molecule has 0 N–H and O–H groups in total. The molecule has 0 aliphatic carbocycles. The van der Waals surface area contributed by atoms with Crippen molar-refractivity contribution < 1.29 is 4.42 Å². The van der Waals surface area contributed by atoms with Crippen LogP contribution in [0, 0.1) is 0 Å². The number of hydrogen-bond donors (Lipinski definition) is 0. The third-order valence-corrected chi connectivity index (χ3v) is 9.74. The van der Waals surface area contributed by atoms with Gasteiger partial charge in [0.05, 0.1) is 0 Å². The van der Waals surface area contributed by atoms with Crippen molar-refractivity contribution in [3.63, 3.8) is 0 Å². The molecule has 0 spiro atoms. The summed E-state index contributed by atoms with van der Waals surface area (Å²) in [4.78, 5) is 15.2. The molecule has 0 saturated carbocycles. The fourth-order valence-corrected chi connectivity index (χ4v) is 7.19. The van der Waals surface area contributed by atoms with E-state index in [9.17, 15) is 0 Å². The zero-order chi connectivity index (χ0) is 33.7. The molecule has 0 atom stereocenters. The smallest absolute Gasteiger partial charge is 0.164 e. The van der Waals surface area contributed by atoms with Gasteiger partial charge in [0.2, 0.25) is 0 Å². The molecule has 0 saturated heterocycles. The van der Waals surface area contributed by atoms with Crippen molar-refractivity contribution in [2.75, 3.05) is 0 Å². The molecule has 10 aromatic rings. The van der Waals surface area contributed by atoms with Gasteiger partial charge in [0.25, 0.3) is 0 Å². The number of benzene rings is 8. The lowest BCUT2D eigenvalue weighted by atomic mass is 9.93. The van der Waals surface area contributed by atoms with E-state index in [0.717, 1.165) is 49.6 Å². The summed E-state index contributed by atoms with van der Waals surface area (Å²) in [6, 6.07) is 61.2. The van der Waals surface area contributed by atoms with Crippen LogP contribution in [0.5, 0.6) is 0 Å². The summed E-state index contributed by atoms with van der Waals surface area (Å²) >= 11 is 0. The second-order valence-corrected chi connectivity index (χ2v) is 12.8. The summed E-state index contributed by atoms with van der Waals surface area (Å²) in [5.74, 6) is 1.82. The number of nitrogens with zero attached hydrogens (tertiary/aromatic N) is 3. The summed E-state index contributed by atoms with van der Waals surface area (Å²) in [5, 5.41) is 6.93. The van der Waals surface area contributed by atoms with Crippen LogP contribution in [0.25, 0.3) is 99.9 Å². The topological polar surface area (TPSA) is 51.8 Å². The molecule has 4 nitrogen and oxygen atoms in total. The molecule has 0 aliphatic rings. The highest BCUT2D eigenvalue weighted by Crippen LogP contribution is 2.37. The molecular formula is C47H29N3O. The van der Waals surface area contributed by atoms with Crippen LogP contribution in [0.1, 0.15) is 0 Å². The van der Waals surface area contributed by atoms with Crippen molar-refractivity contribution in [1.82, 2.24) is 15.0 Å². The second kappa shape index (κ2) is 11.9. The normalized spacial score (nSPS) is 11.5. The monoisotopic (exact) mass is 651 g/mol. The average molecular weight is 652 g/mol. The van der Waals surface area contributed by atoms with Crippen molar-refractivity contribution in [3.05, 3.63) is 176 Å². The molecule has 2 heterocycles. The fourth-order valence-electron chi connectivity index (χ4n) is 7.19. The van der Waals surface area contributed by atoms with E-state index in [-0.39, 0.29) is 0 Å². The third-order valence-electron chi connectivity index (χ3n) is 9.74. The van der Waals surface area contributed by atoms with Gasteiger partial charge in [0, 0.05) is 27.5 Å². The summed E-state index contributed by atoms with van der Waals surface area (Å²) in [7, 11) is 0. The quantitative estimate of drug-likeness (QED) is 0.186. The molecule has 0 bridgehead atoms. The molecule has 0 unspecified atom stereocenters. The van der Waals surface area contributed by atoms with E-state index in [0.29, 0.717) is 17.5 Å². The molecule has 0 aliphatic heterocycles. The molecule has 8 aromatic carbocycles. The van der Waals surface area contributed by atoms with Gasteiger partial charge in [-0.05, 0) is 68.1 Å². The Bertz CT molecular complexity index is 2900. The predicted octanol–water partition coefficient (Wildman–Crippen LogP) is 12.4. The molecule has 10 rings (SSSR count). The van der Waals surface area contributed by atoms with Gasteiger partial charge in [-0.25, -0.2) is 15.0 Å². The van der Waals surface area contributed by atoms with E-state index < -0.39 is 0 Å². The van der Waals surface area contributed by atoms with Gasteiger partial charge in [-0.1, -0.05) is 152 Å². The van der Waals surface area contributed by atoms with Crippen LogP contribution in [-0.4, -0.2) is 15.0 Å². The largest absolute Gasteiger partial charge is 0.456 e. The summed E-state index contributed by atoms with van der Waals surface area (Å²) in [5.41, 5.74) is 9.10. The van der Waals surface area contributed by atoms with E-state index in [1.165, 1.54) is 32.8 Å². The maximum absolute atomic E-state index is 6.25. The maximum atomic E-state index is 6.25. The summed E-state index contributed by atoms with van der Waals surface area (Å²) in [6.07, 6.45) is 0. The van der Waals surface area contributed by atoms with Gasteiger partial charge in [0.1, 0.15) is 11.2 Å². The standard InChI is InChI=1S/C47H29N3O/c1-2-10-30(11-3-1)31-20-22-33(23-21-31)45-48-46(50-47(49-45)36-25-27-42-41-16-6-7-19-43(41)51-44(42)29-36)35-24-26-38-34(28-35)14-9-18-40(38)39-17-8-13-32-12-4-5-15-37(32)39/h1-29H. The Hall–Kier alpha value is -6.91. The highest BCUT2D eigenvalue weighted by atomic mass is 16.3. The first-order chi connectivity index (χ1) is 25.2. The first-order valence-electron chi connectivity index (χ1n) is 17.1. The van der Waals surface area contributed by atoms with Gasteiger partial charge < -0.3 is 4.42 Å². The van der Waals surface area contributed by atoms with Crippen LogP contribution in [0.2, 0.25) is 0 Å². The Morgan fingerprint density at radius 3 is 1.55 bits per heavy atom. The minimum absolute atomic E-state index is 0.592. The van der Waals surface area contributed by atoms with Crippen LogP contribution in [-0.2, 0) is 0 Å². The van der Waals surface area contributed by atoms with Gasteiger partial charge in [-0.2, -0.15) is 0 Å². The number of rotatable bonds is 5. The Labute approximate surface area is 294 Å². The average Bonchev–Trinajstić information content (AvgIpc) is 3.58. The summed E-state index contributed by atoms with van der Waals surface area (Å²) in [6.45, 7) is 0. The van der Waals surface area contributed by atoms with Crippen LogP contribution < -0.4 is 0 Å². The maximum Gasteiger partial charge on any atom is 0.164 e. The minimum atomic E-state index is 0.592. The van der Waals surface area contributed by atoms with Gasteiger partial charge in [-0.15, -0.1) is 0 Å². The molecule has 51 heavy (non-hydrogen) atoms. The molecule has 4 heteroatoms. The molecule has 0 amide bonds. The van der Waals surface area contributed by atoms with E-state index in [1.54, 1.807) is 0 Å². The van der Waals surface area contributed by atoms with Crippen molar-refractivity contribution in [1.29, 1.82) is 0 Å². The number of aromatic nitrogens is 3. The highest BCUT2D eigenvalue weighted by Gasteiger charge is 2.16. The summed E-state index contributed by atoms with van der Waals surface area (Å²) < 4.78 is 6.25. The molecule has 238 valence electrons. The third kappa shape index (κ3) is 5.13. The predicted molar refractivity (Wildman–Crippen MR) is 209 cm³/mol. The number of fused-ring (bicyclic) bond motifs is 5. The number of hydrogen-bond acceptors (Lipinski definition) is 4. The van der Waals surface area contributed by atoms with Crippen LogP contribution in [0.4, 0.5) is 0 Å². The van der Waals surface area contributed by atoms with Crippen molar-refractivity contribution in [2.24, 2.45) is 0 Å². The van der Waals surface area contributed by atoms with Crippen molar-refractivity contribution in [3.8, 4) is 56.4 Å². The Morgan fingerprint density at radius 1 is 0.294 bits per heavy atom. The van der Waals surface area contributed by atoms with Crippen molar-refractivity contribution >= 4 is 43.5 Å². The molecular weight excluding hydrogens is 623 g/mol. The zero-order valence-corrected chi connectivity index (χ0v) is 27.5. The van der Waals surface area contributed by atoms with E-state index in [4.69, 9.17) is 19.4 Å². The number of furan rings is 1. The lowest BCUT2D eigenvalue weighted by Crippen LogP contribution is -2.00. The fraction of sp³-hybridized carbons (Fsp3) is 0. The first-order valence-corrected chi connectivity index (χ1v) is 17.1. The number of para-hydroxylation sites is 1. The highest BCUT2D eigenvalue weighted by molar-refractivity contribution is 6.07. The Kier molecular flexibility index (Phi) is 6.78. The molecule has 0 fully saturated rings. The van der Waals surface area contributed by atoms with E-state index in [1.807, 2.05) is 30.3 Å². The van der Waals surface area contributed by atoms with Gasteiger partial charge in [-0.3, -0.25) is 0 Å². The minimum Gasteiger partial charge on any atom is -0.456 e. The van der Waals surface area contributed by atoms with Gasteiger partial charge in [0.15, 0.2) is 17.5 Å². The van der Waals surface area contributed by atoms with Crippen molar-refractivity contribution in [2.45, 2.75) is 0 Å². The second-order valence-electron chi connectivity index (χ2n) is 12.8. The zero-order valence-electron chi connectivity index (χ0n) is 27.5. The SMILES string of the molecule is c1ccc(-c2ccc(-c3nc(-c4ccc5c(-c6cccc7ccccc67)cccc5c4)nc(-c4ccc5c(c4)oc4ccccc45)n3)cc2)cc1. The van der Waals surface area contributed by atoms with Crippen LogP contribution in [0.15, 0.2) is 180 Å². The Balaban J connectivity index is 1.12. The first kappa shape index (κ1) is 29.0. The lowest BCUT2D eigenvalue weighted by molar-refractivity contribution is 0.669. The molecule has 0 radical (unpaired) electrons.